The summed E-state index contributed by atoms with van der Waals surface area (Å²) in [4.78, 5) is 31.1. The van der Waals surface area contributed by atoms with Crippen LogP contribution in [-0.2, 0) is 14.4 Å². The second-order valence-corrected chi connectivity index (χ2v) is 8.63. The highest BCUT2D eigenvalue weighted by molar-refractivity contribution is 5.75. The molecule has 0 bridgehead atoms. The largest absolute Gasteiger partial charge is 0.370 e. The Labute approximate surface area is 186 Å². The maximum absolute atomic E-state index is 10.8. The minimum absolute atomic E-state index is 0.168. The van der Waals surface area contributed by atoms with Crippen LogP contribution in [0.2, 0.25) is 0 Å². The zero-order chi connectivity index (χ0) is 22.9. The number of nitrogens with two attached hydrogens (primary N) is 1. The minimum atomic E-state index is -0.168. The van der Waals surface area contributed by atoms with Gasteiger partial charge >= 0.3 is 0 Å². The molecule has 0 atom stereocenters. The lowest BCUT2D eigenvalue weighted by molar-refractivity contribution is -0.118. The van der Waals surface area contributed by atoms with Gasteiger partial charge in [0.25, 0.3) is 0 Å². The van der Waals surface area contributed by atoms with E-state index in [1.54, 1.807) is 6.92 Å². The summed E-state index contributed by atoms with van der Waals surface area (Å²) in [6.07, 6.45) is 22.6. The van der Waals surface area contributed by atoms with Crippen molar-refractivity contribution in [3.05, 3.63) is 12.2 Å². The van der Waals surface area contributed by atoms with Gasteiger partial charge in [-0.05, 0) is 39.5 Å². The van der Waals surface area contributed by atoms with Gasteiger partial charge in [-0.1, -0.05) is 82.6 Å². The van der Waals surface area contributed by atoms with Crippen LogP contribution in [0.15, 0.2) is 12.2 Å². The molecule has 0 aromatic rings. The van der Waals surface area contributed by atoms with E-state index in [-0.39, 0.29) is 5.91 Å². The first kappa shape index (κ1) is 30.7. The van der Waals surface area contributed by atoms with Crippen molar-refractivity contribution in [1.29, 1.82) is 0 Å². The number of allylic oxidation sites excluding steroid dienone is 1. The van der Waals surface area contributed by atoms with Gasteiger partial charge in [0.05, 0.1) is 0 Å². The SMILES string of the molecule is C=C(C)CCCC=O.CC(=O)CCCCCCCCCCCCCCCCC(N)=O. The number of ketones is 1. The number of rotatable bonds is 21. The molecule has 4 nitrogen and oxygen atoms in total. The molecule has 176 valence electrons. The van der Waals surface area contributed by atoms with E-state index in [1.807, 2.05) is 6.92 Å². The van der Waals surface area contributed by atoms with Gasteiger partial charge < -0.3 is 15.3 Å². The Bertz CT molecular complexity index is 404. The highest BCUT2D eigenvalue weighted by Gasteiger charge is 1.97. The van der Waals surface area contributed by atoms with E-state index >= 15 is 0 Å². The molecule has 4 heteroatoms. The van der Waals surface area contributed by atoms with E-state index in [4.69, 9.17) is 5.73 Å². The number of unbranched alkanes of at least 4 members (excludes halogenated alkanes) is 14. The average Bonchev–Trinajstić information content (AvgIpc) is 2.67. The van der Waals surface area contributed by atoms with Crippen LogP contribution in [-0.4, -0.2) is 18.0 Å². The Morgan fingerprint density at radius 2 is 1.00 bits per heavy atom. The standard InChI is InChI=1S/C19H37NO2.C7H12O/c1-18(21)16-14-12-10-8-6-4-2-3-5-7-9-11-13-15-17-19(20)22;1-7(2)5-3-4-6-8/h2-17H2,1H3,(H2,20,22);6H,1,3-5H2,2H3. The van der Waals surface area contributed by atoms with Crippen molar-refractivity contribution in [2.45, 2.75) is 136 Å². The molecular weight excluding hydrogens is 374 g/mol. The van der Waals surface area contributed by atoms with Crippen LogP contribution < -0.4 is 5.73 Å². The number of amides is 1. The quantitative estimate of drug-likeness (QED) is 0.120. The molecule has 0 aromatic heterocycles. The summed E-state index contributed by atoms with van der Waals surface area (Å²) in [7, 11) is 0. The third-order valence-electron chi connectivity index (χ3n) is 5.13. The average molecular weight is 424 g/mol. The Morgan fingerprint density at radius 1 is 0.633 bits per heavy atom. The molecule has 0 spiro atoms. The van der Waals surface area contributed by atoms with Gasteiger partial charge in [-0.2, -0.15) is 0 Å². The highest BCUT2D eigenvalue weighted by atomic mass is 16.1. The summed E-state index contributed by atoms with van der Waals surface area (Å²) in [5.41, 5.74) is 6.27. The van der Waals surface area contributed by atoms with Crippen molar-refractivity contribution in [2.75, 3.05) is 0 Å². The van der Waals surface area contributed by atoms with Crippen LogP contribution in [0.1, 0.15) is 136 Å². The topological polar surface area (TPSA) is 77.2 Å². The van der Waals surface area contributed by atoms with Gasteiger partial charge in [0.15, 0.2) is 0 Å². The molecule has 2 N–H and O–H groups in total. The summed E-state index contributed by atoms with van der Waals surface area (Å²) in [5.74, 6) is 0.159. The van der Waals surface area contributed by atoms with E-state index in [1.165, 1.54) is 70.6 Å². The number of hydrogen-bond acceptors (Lipinski definition) is 3. The van der Waals surface area contributed by atoms with Crippen molar-refractivity contribution in [3.8, 4) is 0 Å². The number of aldehydes is 1. The normalized spacial score (nSPS) is 10.2. The summed E-state index contributed by atoms with van der Waals surface area (Å²) in [5, 5.41) is 0. The van der Waals surface area contributed by atoms with Gasteiger partial charge in [-0.3, -0.25) is 4.79 Å². The minimum Gasteiger partial charge on any atom is -0.370 e. The van der Waals surface area contributed by atoms with E-state index in [0.29, 0.717) is 18.6 Å². The summed E-state index contributed by atoms with van der Waals surface area (Å²) in [6.45, 7) is 7.37. The number of carbonyl (C=O) groups is 3. The fourth-order valence-corrected chi connectivity index (χ4v) is 3.28. The molecule has 0 rings (SSSR count). The summed E-state index contributed by atoms with van der Waals surface area (Å²) >= 11 is 0. The third kappa shape index (κ3) is 34.1. The van der Waals surface area contributed by atoms with Gasteiger partial charge in [0.2, 0.25) is 5.91 Å². The van der Waals surface area contributed by atoms with Crippen LogP contribution >= 0.6 is 0 Å². The molecule has 0 heterocycles. The molecule has 0 aliphatic heterocycles. The zero-order valence-electron chi connectivity index (χ0n) is 20.0. The van der Waals surface area contributed by atoms with E-state index in [9.17, 15) is 14.4 Å². The van der Waals surface area contributed by atoms with Gasteiger partial charge in [-0.15, -0.1) is 6.58 Å². The molecule has 0 aromatic carbocycles. The van der Waals surface area contributed by atoms with Crippen LogP contribution in [0.4, 0.5) is 0 Å². The predicted molar refractivity (Wildman–Crippen MR) is 128 cm³/mol. The molecule has 30 heavy (non-hydrogen) atoms. The lowest BCUT2D eigenvalue weighted by Crippen LogP contribution is -2.09. The molecule has 0 fully saturated rings. The van der Waals surface area contributed by atoms with Crippen LogP contribution in [0.5, 0.6) is 0 Å². The highest BCUT2D eigenvalue weighted by Crippen LogP contribution is 2.13. The number of carbonyl (C=O) groups excluding carboxylic acids is 3. The fraction of sp³-hybridized carbons (Fsp3) is 0.808. The van der Waals surface area contributed by atoms with Crippen LogP contribution in [0.25, 0.3) is 0 Å². The Hall–Kier alpha value is -1.45. The molecule has 0 saturated heterocycles. The van der Waals surface area contributed by atoms with Crippen LogP contribution in [0.3, 0.4) is 0 Å². The van der Waals surface area contributed by atoms with Gasteiger partial charge in [-0.25, -0.2) is 0 Å². The van der Waals surface area contributed by atoms with E-state index in [2.05, 4.69) is 6.58 Å². The first-order valence-electron chi connectivity index (χ1n) is 12.3. The molecular formula is C26H49NO3. The second kappa shape index (κ2) is 25.6. The number of primary amides is 1. The number of hydrogen-bond donors (Lipinski definition) is 1. The maximum atomic E-state index is 10.8. The van der Waals surface area contributed by atoms with Crippen molar-refractivity contribution >= 4 is 18.0 Å². The molecule has 0 aliphatic rings. The number of Topliss-reactive ketones (excluding diaryl/α,β-unsaturated/α-hetero) is 1. The molecule has 0 aliphatic carbocycles. The van der Waals surface area contributed by atoms with Crippen molar-refractivity contribution in [1.82, 2.24) is 0 Å². The molecule has 0 saturated carbocycles. The molecule has 1 amide bonds. The Morgan fingerprint density at radius 3 is 1.30 bits per heavy atom. The van der Waals surface area contributed by atoms with E-state index < -0.39 is 0 Å². The lowest BCUT2D eigenvalue weighted by atomic mass is 10.0. The molecule has 0 unspecified atom stereocenters. The van der Waals surface area contributed by atoms with Crippen LogP contribution in [0, 0.1) is 0 Å². The fourth-order valence-electron chi connectivity index (χ4n) is 3.28. The van der Waals surface area contributed by atoms with Crippen molar-refractivity contribution < 1.29 is 14.4 Å². The third-order valence-corrected chi connectivity index (χ3v) is 5.13. The lowest BCUT2D eigenvalue weighted by Gasteiger charge is -2.03. The summed E-state index contributed by atoms with van der Waals surface area (Å²) in [6, 6.07) is 0. The maximum Gasteiger partial charge on any atom is 0.217 e. The van der Waals surface area contributed by atoms with Gasteiger partial charge in [0.1, 0.15) is 12.1 Å². The first-order chi connectivity index (χ1) is 14.4. The monoisotopic (exact) mass is 423 g/mol. The smallest absolute Gasteiger partial charge is 0.217 e. The predicted octanol–water partition coefficient (Wildman–Crippen LogP) is 7.23. The molecule has 0 radical (unpaired) electrons. The second-order valence-electron chi connectivity index (χ2n) is 8.63. The van der Waals surface area contributed by atoms with Crippen molar-refractivity contribution in [3.63, 3.8) is 0 Å². The Balaban J connectivity index is 0. The summed E-state index contributed by atoms with van der Waals surface area (Å²) < 4.78 is 0. The zero-order valence-corrected chi connectivity index (χ0v) is 20.0. The van der Waals surface area contributed by atoms with Crippen molar-refractivity contribution in [2.24, 2.45) is 5.73 Å². The Kier molecular flexibility index (Phi) is 26.2. The van der Waals surface area contributed by atoms with Gasteiger partial charge in [0, 0.05) is 19.3 Å². The first-order valence-corrected chi connectivity index (χ1v) is 12.3. The van der Waals surface area contributed by atoms with E-state index in [0.717, 1.165) is 50.4 Å².